The summed E-state index contributed by atoms with van der Waals surface area (Å²) in [6.07, 6.45) is 27.5. The zero-order valence-electron chi connectivity index (χ0n) is 27.4. The first kappa shape index (κ1) is 39.0. The van der Waals surface area contributed by atoms with Crippen molar-refractivity contribution < 1.29 is 9.53 Å². The summed E-state index contributed by atoms with van der Waals surface area (Å²) in [4.78, 5) is 0. The van der Waals surface area contributed by atoms with Crippen LogP contribution in [0.4, 0.5) is 0 Å². The maximum atomic E-state index is 8.86. The van der Waals surface area contributed by atoms with Crippen LogP contribution in [-0.4, -0.2) is 26.6 Å². The molecular weight excluding hydrogens is 468 g/mol. The molecule has 0 rings (SSSR count). The molecule has 0 fully saturated rings. The van der Waals surface area contributed by atoms with Crippen LogP contribution in [-0.2, 0) is 4.43 Å². The predicted octanol–water partition coefficient (Wildman–Crippen LogP) is 12.0. The Morgan fingerprint density at radius 3 is 1.54 bits per heavy atom. The summed E-state index contributed by atoms with van der Waals surface area (Å²) in [5, 5.41) is 9.18. The SMILES string of the molecule is CCCCCC(=CCCO[Si](C)(C)C(C)(C)C)CCCCC.CCCCCC(CCCO)CCCCC. The minimum atomic E-state index is -1.57. The second kappa shape index (κ2) is 26.1. The highest BCUT2D eigenvalue weighted by Crippen LogP contribution is 2.36. The van der Waals surface area contributed by atoms with Gasteiger partial charge in [0.1, 0.15) is 0 Å². The van der Waals surface area contributed by atoms with E-state index >= 15 is 0 Å². The number of hydrogen-bond acceptors (Lipinski definition) is 2. The van der Waals surface area contributed by atoms with Gasteiger partial charge in [0.05, 0.1) is 0 Å². The summed E-state index contributed by atoms with van der Waals surface area (Å²) in [5.74, 6) is 0.884. The van der Waals surface area contributed by atoms with Gasteiger partial charge in [0.15, 0.2) is 8.32 Å². The molecule has 0 saturated heterocycles. The molecule has 0 aliphatic heterocycles. The van der Waals surface area contributed by atoms with Gasteiger partial charge in [-0.15, -0.1) is 0 Å². The summed E-state index contributed by atoms with van der Waals surface area (Å²) in [7, 11) is -1.57. The van der Waals surface area contributed by atoms with Crippen LogP contribution in [0.2, 0.25) is 18.1 Å². The smallest absolute Gasteiger partial charge is 0.191 e. The van der Waals surface area contributed by atoms with Crippen molar-refractivity contribution >= 4 is 8.32 Å². The molecule has 0 bridgehead atoms. The van der Waals surface area contributed by atoms with Crippen molar-refractivity contribution in [2.24, 2.45) is 5.92 Å². The van der Waals surface area contributed by atoms with Gasteiger partial charge in [0, 0.05) is 13.2 Å². The summed E-state index contributed by atoms with van der Waals surface area (Å²) in [6, 6.07) is 0. The lowest BCUT2D eigenvalue weighted by molar-refractivity contribution is 0.262. The summed E-state index contributed by atoms with van der Waals surface area (Å²) < 4.78 is 6.29. The first-order valence-corrected chi connectivity index (χ1v) is 19.4. The number of hydrogen-bond donors (Lipinski definition) is 1. The highest BCUT2D eigenvalue weighted by Gasteiger charge is 2.36. The molecule has 0 amide bonds. The monoisotopic (exact) mass is 541 g/mol. The van der Waals surface area contributed by atoms with Gasteiger partial charge in [0.25, 0.3) is 0 Å². The zero-order chi connectivity index (χ0) is 28.4. The molecule has 0 aromatic carbocycles. The molecule has 0 aliphatic rings. The normalized spacial score (nSPS) is 12.0. The standard InChI is InChI=1S/C20H42OSi.C14H30O/c1-8-10-12-15-19(16-13-11-9-2)17-14-18-21-22(6,7)20(3,4)5;1-3-5-7-10-14(12-9-13-15)11-8-6-4-2/h17H,8-16,18H2,1-7H3;14-15H,3-13H2,1-2H3. The molecule has 0 heterocycles. The minimum Gasteiger partial charge on any atom is -0.417 e. The average Bonchev–Trinajstić information content (AvgIpc) is 2.84. The molecule has 1 N–H and O–H groups in total. The Balaban J connectivity index is 0. The van der Waals surface area contributed by atoms with Crippen molar-refractivity contribution in [2.45, 2.75) is 189 Å². The summed E-state index contributed by atoms with van der Waals surface area (Å²) in [5.41, 5.74) is 1.68. The van der Waals surface area contributed by atoms with E-state index in [1.165, 1.54) is 109 Å². The Morgan fingerprint density at radius 2 is 1.14 bits per heavy atom. The van der Waals surface area contributed by atoms with E-state index < -0.39 is 8.32 Å². The molecule has 2 nitrogen and oxygen atoms in total. The van der Waals surface area contributed by atoms with E-state index in [2.05, 4.69) is 67.6 Å². The predicted molar refractivity (Wildman–Crippen MR) is 172 cm³/mol. The molecule has 0 radical (unpaired) electrons. The van der Waals surface area contributed by atoms with Crippen LogP contribution in [0.1, 0.15) is 170 Å². The van der Waals surface area contributed by atoms with Crippen LogP contribution in [0, 0.1) is 5.92 Å². The van der Waals surface area contributed by atoms with E-state index in [1.54, 1.807) is 5.57 Å². The van der Waals surface area contributed by atoms with Crippen molar-refractivity contribution in [2.75, 3.05) is 13.2 Å². The van der Waals surface area contributed by atoms with E-state index in [4.69, 9.17) is 9.53 Å². The minimum absolute atomic E-state index is 0.321. The topological polar surface area (TPSA) is 29.5 Å². The van der Waals surface area contributed by atoms with Crippen LogP contribution < -0.4 is 0 Å². The molecule has 224 valence electrons. The van der Waals surface area contributed by atoms with Crippen LogP contribution in [0.25, 0.3) is 0 Å². The van der Waals surface area contributed by atoms with E-state index in [0.29, 0.717) is 11.6 Å². The molecule has 0 aliphatic carbocycles. The number of allylic oxidation sites excluding steroid dienone is 1. The fourth-order valence-electron chi connectivity index (χ4n) is 4.51. The van der Waals surface area contributed by atoms with Crippen molar-refractivity contribution in [3.63, 3.8) is 0 Å². The number of unbranched alkanes of at least 4 members (excludes halogenated alkanes) is 8. The van der Waals surface area contributed by atoms with Crippen LogP contribution in [0.15, 0.2) is 11.6 Å². The molecule has 0 aromatic rings. The molecular formula is C34H72O2Si. The lowest BCUT2D eigenvalue weighted by Crippen LogP contribution is -2.40. The Hall–Kier alpha value is -0.123. The van der Waals surface area contributed by atoms with Crippen molar-refractivity contribution in [1.29, 1.82) is 0 Å². The lowest BCUT2D eigenvalue weighted by Gasteiger charge is -2.36. The van der Waals surface area contributed by atoms with E-state index in [9.17, 15) is 0 Å². The highest BCUT2D eigenvalue weighted by molar-refractivity contribution is 6.74. The van der Waals surface area contributed by atoms with Gasteiger partial charge in [0.2, 0.25) is 0 Å². The third kappa shape index (κ3) is 24.6. The number of aliphatic hydroxyl groups excluding tert-OH is 1. The van der Waals surface area contributed by atoms with Crippen molar-refractivity contribution in [3.8, 4) is 0 Å². The van der Waals surface area contributed by atoms with Gasteiger partial charge in [-0.25, -0.2) is 0 Å². The first-order chi connectivity index (χ1) is 17.6. The van der Waals surface area contributed by atoms with Crippen LogP contribution in [0.5, 0.6) is 0 Å². The second-order valence-corrected chi connectivity index (χ2v) is 17.7. The molecule has 0 atom stereocenters. The van der Waals surface area contributed by atoms with E-state index in [0.717, 1.165) is 25.4 Å². The maximum Gasteiger partial charge on any atom is 0.191 e. The first-order valence-electron chi connectivity index (χ1n) is 16.5. The maximum absolute atomic E-state index is 8.86. The van der Waals surface area contributed by atoms with Gasteiger partial charge in [-0.2, -0.15) is 0 Å². The third-order valence-electron chi connectivity index (χ3n) is 8.23. The number of rotatable bonds is 23. The Bertz CT molecular complexity index is 471. The largest absolute Gasteiger partial charge is 0.417 e. The molecule has 37 heavy (non-hydrogen) atoms. The summed E-state index contributed by atoms with van der Waals surface area (Å²) >= 11 is 0. The molecule has 0 saturated carbocycles. The molecule has 3 heteroatoms. The van der Waals surface area contributed by atoms with Gasteiger partial charge >= 0.3 is 0 Å². The molecule has 0 unspecified atom stereocenters. The third-order valence-corrected chi connectivity index (χ3v) is 12.8. The van der Waals surface area contributed by atoms with Gasteiger partial charge < -0.3 is 9.53 Å². The highest BCUT2D eigenvalue weighted by atomic mass is 28.4. The lowest BCUT2D eigenvalue weighted by atomic mass is 9.91. The fraction of sp³-hybridized carbons (Fsp3) is 0.941. The Kier molecular flexibility index (Phi) is 27.5. The van der Waals surface area contributed by atoms with Crippen molar-refractivity contribution in [1.82, 2.24) is 0 Å². The van der Waals surface area contributed by atoms with Crippen molar-refractivity contribution in [3.05, 3.63) is 11.6 Å². The molecule has 0 spiro atoms. The fourth-order valence-corrected chi connectivity index (χ4v) is 5.57. The summed E-state index contributed by atoms with van der Waals surface area (Å²) in [6.45, 7) is 22.0. The second-order valence-electron chi connectivity index (χ2n) is 12.9. The average molecular weight is 541 g/mol. The van der Waals surface area contributed by atoms with E-state index in [1.807, 2.05) is 0 Å². The Labute approximate surface area is 237 Å². The van der Waals surface area contributed by atoms with Gasteiger partial charge in [-0.05, 0) is 69.0 Å². The van der Waals surface area contributed by atoms with E-state index in [-0.39, 0.29) is 0 Å². The number of aliphatic hydroxyl groups is 1. The van der Waals surface area contributed by atoms with Crippen LogP contribution >= 0.6 is 0 Å². The zero-order valence-corrected chi connectivity index (χ0v) is 28.4. The van der Waals surface area contributed by atoms with Gasteiger partial charge in [-0.1, -0.05) is 137 Å². The van der Waals surface area contributed by atoms with Crippen LogP contribution in [0.3, 0.4) is 0 Å². The Morgan fingerprint density at radius 1 is 0.703 bits per heavy atom. The molecule has 0 aromatic heterocycles. The van der Waals surface area contributed by atoms with Gasteiger partial charge in [-0.3, -0.25) is 0 Å². The quantitative estimate of drug-likeness (QED) is 0.0793.